The maximum absolute atomic E-state index is 13.0. The van der Waals surface area contributed by atoms with Crippen molar-refractivity contribution in [3.8, 4) is 0 Å². The molecule has 0 aromatic heterocycles. The minimum absolute atomic E-state index is 0.125. The van der Waals surface area contributed by atoms with Crippen LogP contribution < -0.4 is 5.73 Å². The summed E-state index contributed by atoms with van der Waals surface area (Å²) < 4.78 is 0. The van der Waals surface area contributed by atoms with Gasteiger partial charge in [-0.05, 0) is 37.0 Å². The van der Waals surface area contributed by atoms with Crippen LogP contribution in [0.5, 0.6) is 0 Å². The van der Waals surface area contributed by atoms with Crippen molar-refractivity contribution in [3.05, 3.63) is 34.9 Å². The van der Waals surface area contributed by atoms with Crippen molar-refractivity contribution < 1.29 is 9.59 Å². The highest BCUT2D eigenvalue weighted by atomic mass is 35.5. The zero-order valence-corrected chi connectivity index (χ0v) is 12.6. The number of primary amides is 1. The summed E-state index contributed by atoms with van der Waals surface area (Å²) in [5.41, 5.74) is 5.90. The molecule has 1 aromatic carbocycles. The number of carbonyl (C=O) groups excluding carboxylic acids is 2. The van der Waals surface area contributed by atoms with Crippen molar-refractivity contribution in [1.29, 1.82) is 0 Å². The predicted octanol–water partition coefficient (Wildman–Crippen LogP) is 2.10. The van der Waals surface area contributed by atoms with Gasteiger partial charge in [0.15, 0.2) is 0 Å². The molecule has 0 radical (unpaired) electrons. The maximum Gasteiger partial charge on any atom is 0.233 e. The lowest BCUT2D eigenvalue weighted by Gasteiger charge is -2.43. The fraction of sp³-hybridized carbons (Fsp3) is 0.500. The van der Waals surface area contributed by atoms with E-state index in [1.807, 2.05) is 24.3 Å². The molecule has 2 amide bonds. The van der Waals surface area contributed by atoms with Crippen LogP contribution in [-0.4, -0.2) is 29.8 Å². The van der Waals surface area contributed by atoms with Gasteiger partial charge in [0.1, 0.15) is 0 Å². The second kappa shape index (κ2) is 5.34. The number of halogens is 1. The first-order valence-corrected chi connectivity index (χ1v) is 7.75. The smallest absolute Gasteiger partial charge is 0.233 e. The minimum atomic E-state index is -0.447. The van der Waals surface area contributed by atoms with E-state index in [1.54, 1.807) is 4.90 Å². The van der Waals surface area contributed by atoms with Crippen LogP contribution in [0.1, 0.15) is 31.2 Å². The fourth-order valence-electron chi connectivity index (χ4n) is 3.42. The van der Waals surface area contributed by atoms with Gasteiger partial charge in [-0.3, -0.25) is 9.59 Å². The van der Waals surface area contributed by atoms with E-state index in [-0.39, 0.29) is 17.7 Å². The van der Waals surface area contributed by atoms with Crippen molar-refractivity contribution in [1.82, 2.24) is 4.90 Å². The summed E-state index contributed by atoms with van der Waals surface area (Å²) in [6.45, 7) is 1.07. The molecule has 21 heavy (non-hydrogen) atoms. The van der Waals surface area contributed by atoms with E-state index < -0.39 is 5.41 Å². The highest BCUT2D eigenvalue weighted by molar-refractivity contribution is 6.30. The summed E-state index contributed by atoms with van der Waals surface area (Å²) in [5.74, 6) is -0.388. The van der Waals surface area contributed by atoms with E-state index >= 15 is 0 Å². The Morgan fingerprint density at radius 3 is 2.62 bits per heavy atom. The third-order valence-electron chi connectivity index (χ3n) is 4.87. The Morgan fingerprint density at radius 2 is 2.10 bits per heavy atom. The summed E-state index contributed by atoms with van der Waals surface area (Å²) in [6, 6.07) is 7.58. The van der Waals surface area contributed by atoms with Gasteiger partial charge in [-0.25, -0.2) is 0 Å². The predicted molar refractivity (Wildman–Crippen MR) is 80.9 cm³/mol. The van der Waals surface area contributed by atoms with Crippen molar-refractivity contribution >= 4 is 23.4 Å². The second-order valence-corrected chi connectivity index (χ2v) is 6.52. The number of benzene rings is 1. The van der Waals surface area contributed by atoms with Crippen LogP contribution in [0.3, 0.4) is 0 Å². The lowest BCUT2D eigenvalue weighted by atomic mass is 9.63. The molecule has 1 aliphatic carbocycles. The molecule has 2 N–H and O–H groups in total. The summed E-state index contributed by atoms with van der Waals surface area (Å²) in [7, 11) is 0. The summed E-state index contributed by atoms with van der Waals surface area (Å²) in [6.07, 6.45) is 3.42. The molecule has 112 valence electrons. The topological polar surface area (TPSA) is 63.4 Å². The average Bonchev–Trinajstić information content (AvgIpc) is 2.87. The van der Waals surface area contributed by atoms with Gasteiger partial charge in [0, 0.05) is 18.1 Å². The molecule has 1 aromatic rings. The Bertz CT molecular complexity index is 583. The van der Waals surface area contributed by atoms with E-state index in [9.17, 15) is 9.59 Å². The average molecular weight is 307 g/mol. The molecule has 1 saturated heterocycles. The van der Waals surface area contributed by atoms with Crippen LogP contribution in [0.2, 0.25) is 5.02 Å². The Labute approximate surface area is 129 Å². The SMILES string of the molecule is NC(=O)[C@@H]1CCN(C(=O)C2(c3cccc(Cl)c3)CCC2)C1. The molecule has 0 unspecified atom stereocenters. The molecule has 1 heterocycles. The molecular formula is C16H19ClN2O2. The molecule has 2 fully saturated rings. The molecule has 2 aliphatic rings. The lowest BCUT2D eigenvalue weighted by molar-refractivity contribution is -0.140. The Morgan fingerprint density at radius 1 is 1.33 bits per heavy atom. The molecule has 3 rings (SSSR count). The second-order valence-electron chi connectivity index (χ2n) is 6.09. The number of carbonyl (C=O) groups is 2. The van der Waals surface area contributed by atoms with E-state index in [1.165, 1.54) is 0 Å². The van der Waals surface area contributed by atoms with Crippen LogP contribution in [0.15, 0.2) is 24.3 Å². The zero-order valence-electron chi connectivity index (χ0n) is 11.8. The Kier molecular flexibility index (Phi) is 3.66. The monoisotopic (exact) mass is 306 g/mol. The summed E-state index contributed by atoms with van der Waals surface area (Å²) in [4.78, 5) is 26.0. The quantitative estimate of drug-likeness (QED) is 0.929. The number of nitrogens with zero attached hydrogens (tertiary/aromatic N) is 1. The third kappa shape index (κ3) is 2.42. The molecule has 0 bridgehead atoms. The Balaban J connectivity index is 1.83. The molecule has 1 aliphatic heterocycles. The largest absolute Gasteiger partial charge is 0.369 e. The third-order valence-corrected chi connectivity index (χ3v) is 5.11. The lowest BCUT2D eigenvalue weighted by Crippen LogP contribution is -2.50. The van der Waals surface area contributed by atoms with Crippen molar-refractivity contribution in [2.75, 3.05) is 13.1 Å². The van der Waals surface area contributed by atoms with Gasteiger partial charge in [0.25, 0.3) is 0 Å². The van der Waals surface area contributed by atoms with Gasteiger partial charge in [-0.15, -0.1) is 0 Å². The van der Waals surface area contributed by atoms with Gasteiger partial charge in [0.05, 0.1) is 11.3 Å². The molecule has 1 atom stereocenters. The van der Waals surface area contributed by atoms with Gasteiger partial charge in [-0.2, -0.15) is 0 Å². The highest BCUT2D eigenvalue weighted by Gasteiger charge is 2.49. The Hall–Kier alpha value is -1.55. The minimum Gasteiger partial charge on any atom is -0.369 e. The van der Waals surface area contributed by atoms with E-state index in [0.29, 0.717) is 24.5 Å². The molecule has 1 saturated carbocycles. The van der Waals surface area contributed by atoms with Crippen LogP contribution in [0, 0.1) is 5.92 Å². The number of nitrogens with two attached hydrogens (primary N) is 1. The van der Waals surface area contributed by atoms with E-state index in [2.05, 4.69) is 0 Å². The van der Waals surface area contributed by atoms with Gasteiger partial charge >= 0.3 is 0 Å². The van der Waals surface area contributed by atoms with Gasteiger partial charge in [0.2, 0.25) is 11.8 Å². The number of amides is 2. The first kappa shape index (κ1) is 14.4. The first-order valence-electron chi connectivity index (χ1n) is 7.38. The normalized spacial score (nSPS) is 23.7. The zero-order chi connectivity index (χ0) is 15.0. The van der Waals surface area contributed by atoms with Gasteiger partial charge < -0.3 is 10.6 Å². The number of hydrogen-bond donors (Lipinski definition) is 1. The van der Waals surface area contributed by atoms with Crippen LogP contribution in [-0.2, 0) is 15.0 Å². The molecule has 0 spiro atoms. The van der Waals surface area contributed by atoms with Crippen LogP contribution >= 0.6 is 11.6 Å². The molecule has 5 heteroatoms. The molecular weight excluding hydrogens is 288 g/mol. The van der Waals surface area contributed by atoms with Gasteiger partial charge in [-0.1, -0.05) is 30.2 Å². The van der Waals surface area contributed by atoms with Crippen LogP contribution in [0.25, 0.3) is 0 Å². The van der Waals surface area contributed by atoms with Crippen molar-refractivity contribution in [2.24, 2.45) is 11.7 Å². The standard InChI is InChI=1S/C16H19ClN2O2/c17-13-4-1-3-12(9-13)16(6-2-7-16)15(21)19-8-5-11(10-19)14(18)20/h1,3-4,9,11H,2,5-8,10H2,(H2,18,20)/t11-/m1/s1. The fourth-order valence-corrected chi connectivity index (χ4v) is 3.61. The number of hydrogen-bond acceptors (Lipinski definition) is 2. The summed E-state index contributed by atoms with van der Waals surface area (Å²) >= 11 is 6.07. The summed E-state index contributed by atoms with van der Waals surface area (Å²) in [5, 5.41) is 0.656. The molecule has 4 nitrogen and oxygen atoms in total. The first-order chi connectivity index (χ1) is 10.0. The van der Waals surface area contributed by atoms with E-state index in [4.69, 9.17) is 17.3 Å². The van der Waals surface area contributed by atoms with E-state index in [0.717, 1.165) is 24.8 Å². The highest BCUT2D eigenvalue weighted by Crippen LogP contribution is 2.46. The number of rotatable bonds is 3. The number of likely N-dealkylation sites (tertiary alicyclic amines) is 1. The maximum atomic E-state index is 13.0. The van der Waals surface area contributed by atoms with Crippen LogP contribution in [0.4, 0.5) is 0 Å². The van der Waals surface area contributed by atoms with Crippen molar-refractivity contribution in [2.45, 2.75) is 31.1 Å². The van der Waals surface area contributed by atoms with Crippen molar-refractivity contribution in [3.63, 3.8) is 0 Å².